The molecule has 0 amide bonds. The fourth-order valence-electron chi connectivity index (χ4n) is 1.77. The van der Waals surface area contributed by atoms with E-state index in [4.69, 9.17) is 11.5 Å². The van der Waals surface area contributed by atoms with Gasteiger partial charge in [-0.25, -0.2) is 4.98 Å². The van der Waals surface area contributed by atoms with Gasteiger partial charge in [-0.05, 0) is 29.8 Å². The Morgan fingerprint density at radius 3 is 2.47 bits per heavy atom. The number of aromatic nitrogens is 1. The number of nitrogen functional groups attached to an aromatic ring is 2. The van der Waals surface area contributed by atoms with E-state index in [9.17, 15) is 0 Å². The smallest absolute Gasteiger partial charge is 0.132 e. The van der Waals surface area contributed by atoms with E-state index in [0.29, 0.717) is 5.82 Å². The molecule has 0 bridgehead atoms. The highest BCUT2D eigenvalue weighted by atomic mass is 32.1. The van der Waals surface area contributed by atoms with E-state index in [0.717, 1.165) is 21.3 Å². The minimum absolute atomic E-state index is 0.584. The maximum Gasteiger partial charge on any atom is 0.132 e. The number of fused-ring (bicyclic) bond motifs is 1. The summed E-state index contributed by atoms with van der Waals surface area (Å²) < 4.78 is 1.16. The van der Waals surface area contributed by atoms with Crippen LogP contribution < -0.4 is 11.5 Å². The molecule has 3 rings (SSSR count). The van der Waals surface area contributed by atoms with Gasteiger partial charge in [-0.1, -0.05) is 12.1 Å². The number of pyridine rings is 1. The largest absolute Gasteiger partial charge is 0.399 e. The normalized spacial score (nSPS) is 10.8. The van der Waals surface area contributed by atoms with Gasteiger partial charge in [0, 0.05) is 26.8 Å². The van der Waals surface area contributed by atoms with Crippen molar-refractivity contribution in [1.29, 1.82) is 0 Å². The number of thiophene rings is 1. The number of nitrogens with two attached hydrogens (primary N) is 2. The highest BCUT2D eigenvalue weighted by molar-refractivity contribution is 7.22. The Morgan fingerprint density at radius 2 is 1.76 bits per heavy atom. The molecule has 0 radical (unpaired) electrons. The Morgan fingerprint density at radius 1 is 1.00 bits per heavy atom. The lowest BCUT2D eigenvalue weighted by Crippen LogP contribution is -1.87. The predicted molar refractivity (Wildman–Crippen MR) is 73.9 cm³/mol. The molecule has 2 heterocycles. The van der Waals surface area contributed by atoms with Crippen LogP contribution in [-0.2, 0) is 0 Å². The summed E-state index contributed by atoms with van der Waals surface area (Å²) in [5.41, 5.74) is 13.5. The first-order valence-electron chi connectivity index (χ1n) is 5.24. The summed E-state index contributed by atoms with van der Waals surface area (Å²) in [5, 5.41) is 1.02. The summed E-state index contributed by atoms with van der Waals surface area (Å²) in [6.07, 6.45) is 1.74. The van der Waals surface area contributed by atoms with Gasteiger partial charge in [0.1, 0.15) is 5.82 Å². The van der Waals surface area contributed by atoms with Gasteiger partial charge in [-0.2, -0.15) is 0 Å². The lowest BCUT2D eigenvalue weighted by molar-refractivity contribution is 1.38. The van der Waals surface area contributed by atoms with E-state index in [1.807, 2.05) is 30.3 Å². The minimum atomic E-state index is 0.584. The summed E-state index contributed by atoms with van der Waals surface area (Å²) in [4.78, 5) is 5.27. The molecule has 84 valence electrons. The Balaban J connectivity index is 2.18. The van der Waals surface area contributed by atoms with E-state index in [1.54, 1.807) is 17.5 Å². The molecular formula is C13H11N3S. The highest BCUT2D eigenvalue weighted by Crippen LogP contribution is 2.35. The van der Waals surface area contributed by atoms with Crippen LogP contribution in [0.4, 0.5) is 11.5 Å². The van der Waals surface area contributed by atoms with Crippen LogP contribution in [0.3, 0.4) is 0 Å². The molecule has 2 aromatic heterocycles. The van der Waals surface area contributed by atoms with Crippen LogP contribution in [0.25, 0.3) is 20.5 Å². The van der Waals surface area contributed by atoms with Crippen molar-refractivity contribution in [2.24, 2.45) is 0 Å². The van der Waals surface area contributed by atoms with Crippen molar-refractivity contribution in [2.45, 2.75) is 0 Å². The van der Waals surface area contributed by atoms with Gasteiger partial charge in [-0.3, -0.25) is 0 Å². The van der Waals surface area contributed by atoms with E-state index in [2.05, 4.69) is 11.1 Å². The molecule has 17 heavy (non-hydrogen) atoms. The van der Waals surface area contributed by atoms with Crippen LogP contribution >= 0.6 is 11.3 Å². The van der Waals surface area contributed by atoms with Gasteiger partial charge in [0.25, 0.3) is 0 Å². The van der Waals surface area contributed by atoms with E-state index in [1.165, 1.54) is 4.88 Å². The fourth-order valence-corrected chi connectivity index (χ4v) is 2.84. The molecule has 4 N–H and O–H groups in total. The lowest BCUT2D eigenvalue weighted by Gasteiger charge is -1.97. The summed E-state index contributed by atoms with van der Waals surface area (Å²) in [6.45, 7) is 0. The fraction of sp³-hybridized carbons (Fsp3) is 0. The maximum absolute atomic E-state index is 5.85. The number of nitrogens with zero attached hydrogens (tertiary/aromatic N) is 1. The first-order valence-corrected chi connectivity index (χ1v) is 6.05. The Labute approximate surface area is 103 Å². The topological polar surface area (TPSA) is 64.9 Å². The average Bonchev–Trinajstić information content (AvgIpc) is 2.75. The van der Waals surface area contributed by atoms with Crippen molar-refractivity contribution < 1.29 is 0 Å². The minimum Gasteiger partial charge on any atom is -0.399 e. The molecular weight excluding hydrogens is 230 g/mol. The van der Waals surface area contributed by atoms with Gasteiger partial charge in [0.2, 0.25) is 0 Å². The second-order valence-electron chi connectivity index (χ2n) is 3.84. The van der Waals surface area contributed by atoms with Gasteiger partial charge in [-0.15, -0.1) is 11.3 Å². The third-order valence-corrected chi connectivity index (χ3v) is 3.82. The predicted octanol–water partition coefficient (Wildman–Crippen LogP) is 3.13. The number of rotatable bonds is 1. The van der Waals surface area contributed by atoms with Crippen molar-refractivity contribution >= 4 is 32.9 Å². The zero-order valence-electron chi connectivity index (χ0n) is 9.05. The van der Waals surface area contributed by atoms with Crippen LogP contribution in [0.5, 0.6) is 0 Å². The first kappa shape index (κ1) is 10.1. The van der Waals surface area contributed by atoms with E-state index < -0.39 is 0 Å². The molecule has 0 saturated carbocycles. The van der Waals surface area contributed by atoms with Gasteiger partial charge in [0.05, 0.1) is 0 Å². The van der Waals surface area contributed by atoms with Gasteiger partial charge >= 0.3 is 0 Å². The Hall–Kier alpha value is -2.07. The summed E-state index contributed by atoms with van der Waals surface area (Å²) in [7, 11) is 0. The molecule has 0 saturated heterocycles. The van der Waals surface area contributed by atoms with Crippen molar-refractivity contribution in [3.63, 3.8) is 0 Å². The van der Waals surface area contributed by atoms with E-state index >= 15 is 0 Å². The van der Waals surface area contributed by atoms with Crippen LogP contribution in [0.2, 0.25) is 0 Å². The van der Waals surface area contributed by atoms with Crippen molar-refractivity contribution in [3.05, 3.63) is 42.6 Å². The zero-order valence-corrected chi connectivity index (χ0v) is 9.87. The van der Waals surface area contributed by atoms with Crippen LogP contribution in [0, 0.1) is 0 Å². The van der Waals surface area contributed by atoms with Crippen molar-refractivity contribution in [2.75, 3.05) is 11.5 Å². The van der Waals surface area contributed by atoms with Crippen LogP contribution in [-0.4, -0.2) is 4.98 Å². The number of benzene rings is 1. The number of hydrogen-bond donors (Lipinski definition) is 2. The molecule has 0 fully saturated rings. The molecule has 0 aliphatic carbocycles. The van der Waals surface area contributed by atoms with Crippen molar-refractivity contribution in [1.82, 2.24) is 4.98 Å². The van der Waals surface area contributed by atoms with Crippen LogP contribution in [0.15, 0.2) is 42.6 Å². The SMILES string of the molecule is Nc1ccc(-c2cc3c(N)nccc3s2)cc1. The third kappa shape index (κ3) is 1.72. The Bertz CT molecular complexity index is 671. The van der Waals surface area contributed by atoms with Gasteiger partial charge < -0.3 is 11.5 Å². The van der Waals surface area contributed by atoms with Gasteiger partial charge in [0.15, 0.2) is 0 Å². The molecule has 0 aliphatic rings. The molecule has 0 unspecified atom stereocenters. The molecule has 3 aromatic rings. The monoisotopic (exact) mass is 241 g/mol. The molecule has 0 spiro atoms. The van der Waals surface area contributed by atoms with Crippen LogP contribution in [0.1, 0.15) is 0 Å². The number of hydrogen-bond acceptors (Lipinski definition) is 4. The standard InChI is InChI=1S/C13H11N3S/c14-9-3-1-8(2-4-9)12-7-10-11(17-12)5-6-16-13(10)15/h1-7H,14H2,(H2,15,16). The van der Waals surface area contributed by atoms with Crippen molar-refractivity contribution in [3.8, 4) is 10.4 Å². The second-order valence-corrected chi connectivity index (χ2v) is 4.92. The highest BCUT2D eigenvalue weighted by Gasteiger charge is 2.06. The molecule has 3 nitrogen and oxygen atoms in total. The summed E-state index contributed by atoms with van der Waals surface area (Å²) >= 11 is 1.71. The zero-order chi connectivity index (χ0) is 11.8. The Kier molecular flexibility index (Phi) is 2.23. The molecule has 1 aromatic carbocycles. The average molecular weight is 241 g/mol. The molecule has 4 heteroatoms. The lowest BCUT2D eigenvalue weighted by atomic mass is 10.1. The molecule has 0 aliphatic heterocycles. The summed E-state index contributed by atoms with van der Waals surface area (Å²) in [6, 6.07) is 11.9. The first-order chi connectivity index (χ1) is 8.24. The summed E-state index contributed by atoms with van der Waals surface area (Å²) in [5.74, 6) is 0.584. The third-order valence-electron chi connectivity index (χ3n) is 2.67. The van der Waals surface area contributed by atoms with E-state index in [-0.39, 0.29) is 0 Å². The maximum atomic E-state index is 5.85. The second kappa shape index (κ2) is 3.75. The number of anilines is 2. The quantitative estimate of drug-likeness (QED) is 0.643. The molecule has 0 atom stereocenters.